The zero-order valence-corrected chi connectivity index (χ0v) is 13.3. The van der Waals surface area contributed by atoms with E-state index in [1.54, 1.807) is 0 Å². The number of nitrogens with zero attached hydrogens (tertiary/aromatic N) is 1. The van der Waals surface area contributed by atoms with E-state index in [1.807, 2.05) is 0 Å². The smallest absolute Gasteiger partial charge is 0.289 e. The highest BCUT2D eigenvalue weighted by molar-refractivity contribution is 5.91. The standard InChI is InChI=1S/C17H31NO2/c1-3-4-5-6-7-8-9-10-11-12-13-15(2)16-17(19)18-14-20-16/h14-16H,3-13H2,1-2H3. The summed E-state index contributed by atoms with van der Waals surface area (Å²) in [6.07, 6.45) is 15.5. The van der Waals surface area contributed by atoms with Gasteiger partial charge in [0, 0.05) is 5.92 Å². The molecule has 0 fully saturated rings. The topological polar surface area (TPSA) is 38.7 Å². The molecule has 0 saturated carbocycles. The molecule has 2 atom stereocenters. The molecule has 0 aliphatic carbocycles. The van der Waals surface area contributed by atoms with Crippen LogP contribution < -0.4 is 0 Å². The third-order valence-corrected chi connectivity index (χ3v) is 4.16. The number of hydrogen-bond donors (Lipinski definition) is 0. The van der Waals surface area contributed by atoms with Crippen molar-refractivity contribution in [3.8, 4) is 0 Å². The Hall–Kier alpha value is -0.860. The second kappa shape index (κ2) is 10.9. The highest BCUT2D eigenvalue weighted by atomic mass is 16.5. The first-order chi connectivity index (χ1) is 9.75. The van der Waals surface area contributed by atoms with Crippen molar-refractivity contribution in [2.75, 3.05) is 0 Å². The van der Waals surface area contributed by atoms with Crippen molar-refractivity contribution >= 4 is 12.3 Å². The van der Waals surface area contributed by atoms with Gasteiger partial charge >= 0.3 is 0 Å². The summed E-state index contributed by atoms with van der Waals surface area (Å²) in [7, 11) is 0. The number of hydrogen-bond acceptors (Lipinski definition) is 2. The number of aliphatic imine (C=N–C) groups is 1. The van der Waals surface area contributed by atoms with Gasteiger partial charge in [-0.2, -0.15) is 4.99 Å². The van der Waals surface area contributed by atoms with E-state index in [4.69, 9.17) is 4.74 Å². The Labute approximate surface area is 124 Å². The lowest BCUT2D eigenvalue weighted by atomic mass is 9.96. The molecular formula is C17H31NO2. The first-order valence-electron chi connectivity index (χ1n) is 8.47. The molecule has 116 valence electrons. The zero-order valence-electron chi connectivity index (χ0n) is 13.3. The van der Waals surface area contributed by atoms with E-state index in [2.05, 4.69) is 18.8 Å². The minimum Gasteiger partial charge on any atom is -0.470 e. The molecule has 0 aromatic rings. The average molecular weight is 281 g/mol. The van der Waals surface area contributed by atoms with Gasteiger partial charge in [0.05, 0.1) is 0 Å². The van der Waals surface area contributed by atoms with Gasteiger partial charge in [-0.3, -0.25) is 4.79 Å². The molecule has 3 nitrogen and oxygen atoms in total. The molecule has 0 radical (unpaired) electrons. The van der Waals surface area contributed by atoms with E-state index >= 15 is 0 Å². The molecule has 1 aliphatic heterocycles. The predicted molar refractivity (Wildman–Crippen MR) is 84.0 cm³/mol. The van der Waals surface area contributed by atoms with Crippen LogP contribution in [0.5, 0.6) is 0 Å². The minimum atomic E-state index is -0.312. The van der Waals surface area contributed by atoms with Gasteiger partial charge < -0.3 is 4.74 Å². The summed E-state index contributed by atoms with van der Waals surface area (Å²) in [5, 5.41) is 0. The molecule has 2 unspecified atom stereocenters. The van der Waals surface area contributed by atoms with Crippen LogP contribution >= 0.6 is 0 Å². The zero-order chi connectivity index (χ0) is 14.6. The van der Waals surface area contributed by atoms with Gasteiger partial charge in [0.1, 0.15) is 0 Å². The van der Waals surface area contributed by atoms with E-state index in [9.17, 15) is 4.79 Å². The Morgan fingerprint density at radius 2 is 1.60 bits per heavy atom. The van der Waals surface area contributed by atoms with Crippen LogP contribution in [0, 0.1) is 5.92 Å². The Balaban J connectivity index is 1.86. The summed E-state index contributed by atoms with van der Waals surface area (Å²) in [6.45, 7) is 4.35. The number of unbranched alkanes of at least 4 members (excludes halogenated alkanes) is 9. The van der Waals surface area contributed by atoms with Gasteiger partial charge in [-0.15, -0.1) is 0 Å². The summed E-state index contributed by atoms with van der Waals surface area (Å²) in [6, 6.07) is 0. The molecule has 1 aliphatic rings. The van der Waals surface area contributed by atoms with E-state index < -0.39 is 0 Å². The van der Waals surface area contributed by atoms with Crippen molar-refractivity contribution < 1.29 is 9.53 Å². The number of carbonyl (C=O) groups is 1. The number of ether oxygens (including phenoxy) is 1. The third-order valence-electron chi connectivity index (χ3n) is 4.16. The lowest BCUT2D eigenvalue weighted by Crippen LogP contribution is -2.24. The predicted octanol–water partition coefficient (Wildman–Crippen LogP) is 4.89. The van der Waals surface area contributed by atoms with Crippen LogP contribution in [0.4, 0.5) is 0 Å². The Kier molecular flexibility index (Phi) is 9.35. The molecule has 20 heavy (non-hydrogen) atoms. The maximum absolute atomic E-state index is 11.4. The van der Waals surface area contributed by atoms with Gasteiger partial charge in [-0.05, 0) is 6.42 Å². The molecule has 1 heterocycles. The quantitative estimate of drug-likeness (QED) is 0.478. The largest absolute Gasteiger partial charge is 0.470 e. The van der Waals surface area contributed by atoms with Crippen LogP contribution in [-0.2, 0) is 9.53 Å². The molecule has 0 spiro atoms. The fraction of sp³-hybridized carbons (Fsp3) is 0.882. The monoisotopic (exact) mass is 281 g/mol. The number of amides is 1. The van der Waals surface area contributed by atoms with Crippen LogP contribution in [0.2, 0.25) is 0 Å². The van der Waals surface area contributed by atoms with E-state index in [-0.39, 0.29) is 12.0 Å². The van der Waals surface area contributed by atoms with Crippen LogP contribution in [0.15, 0.2) is 4.99 Å². The normalized spacial score (nSPS) is 19.3. The highest BCUT2D eigenvalue weighted by Crippen LogP contribution is 2.20. The molecule has 3 heteroatoms. The highest BCUT2D eigenvalue weighted by Gasteiger charge is 2.28. The molecular weight excluding hydrogens is 250 g/mol. The van der Waals surface area contributed by atoms with Crippen LogP contribution in [0.25, 0.3) is 0 Å². The summed E-state index contributed by atoms with van der Waals surface area (Å²) >= 11 is 0. The minimum absolute atomic E-state index is 0.107. The van der Waals surface area contributed by atoms with E-state index in [0.717, 1.165) is 6.42 Å². The number of rotatable bonds is 12. The molecule has 1 rings (SSSR count). The summed E-state index contributed by atoms with van der Waals surface area (Å²) < 4.78 is 5.23. The maximum atomic E-state index is 11.4. The van der Waals surface area contributed by atoms with Gasteiger partial charge in [0.15, 0.2) is 12.5 Å². The van der Waals surface area contributed by atoms with Gasteiger partial charge in [-0.25, -0.2) is 0 Å². The summed E-state index contributed by atoms with van der Waals surface area (Å²) in [5.41, 5.74) is 0. The first-order valence-corrected chi connectivity index (χ1v) is 8.47. The Morgan fingerprint density at radius 3 is 2.10 bits per heavy atom. The summed E-state index contributed by atoms with van der Waals surface area (Å²) in [5.74, 6) is 0.184. The fourth-order valence-corrected chi connectivity index (χ4v) is 2.76. The first kappa shape index (κ1) is 17.2. The van der Waals surface area contributed by atoms with Crippen molar-refractivity contribution in [3.63, 3.8) is 0 Å². The van der Waals surface area contributed by atoms with Gasteiger partial charge in [0.25, 0.3) is 5.91 Å². The Bertz CT molecular complexity index is 289. The molecule has 0 bridgehead atoms. The van der Waals surface area contributed by atoms with Crippen molar-refractivity contribution in [2.45, 2.75) is 90.6 Å². The number of carbonyl (C=O) groups excluding carboxylic acids is 1. The molecule has 0 saturated heterocycles. The lowest BCUT2D eigenvalue weighted by Gasteiger charge is -2.15. The van der Waals surface area contributed by atoms with Crippen molar-refractivity contribution in [3.05, 3.63) is 0 Å². The molecule has 0 N–H and O–H groups in total. The summed E-state index contributed by atoms with van der Waals surface area (Å²) in [4.78, 5) is 15.0. The van der Waals surface area contributed by atoms with Crippen molar-refractivity contribution in [1.82, 2.24) is 0 Å². The average Bonchev–Trinajstić information content (AvgIpc) is 2.87. The molecule has 0 aromatic carbocycles. The second-order valence-electron chi connectivity index (χ2n) is 6.08. The van der Waals surface area contributed by atoms with Gasteiger partial charge in [-0.1, -0.05) is 78.1 Å². The van der Waals surface area contributed by atoms with Gasteiger partial charge in [0.2, 0.25) is 0 Å². The van der Waals surface area contributed by atoms with E-state index in [0.29, 0.717) is 5.92 Å². The SMILES string of the molecule is CCCCCCCCCCCCC(C)C1OC=NC1=O. The lowest BCUT2D eigenvalue weighted by molar-refractivity contribution is -0.124. The maximum Gasteiger partial charge on any atom is 0.289 e. The van der Waals surface area contributed by atoms with Crippen LogP contribution in [0.1, 0.15) is 84.5 Å². The van der Waals surface area contributed by atoms with Crippen LogP contribution in [-0.4, -0.2) is 18.4 Å². The fourth-order valence-electron chi connectivity index (χ4n) is 2.76. The molecule has 1 amide bonds. The van der Waals surface area contributed by atoms with E-state index in [1.165, 1.54) is 70.6 Å². The van der Waals surface area contributed by atoms with Crippen molar-refractivity contribution in [2.24, 2.45) is 10.9 Å². The second-order valence-corrected chi connectivity index (χ2v) is 6.08. The third kappa shape index (κ3) is 7.06. The molecule has 0 aromatic heterocycles. The van der Waals surface area contributed by atoms with Crippen molar-refractivity contribution in [1.29, 1.82) is 0 Å². The Morgan fingerprint density at radius 1 is 1.05 bits per heavy atom. The van der Waals surface area contributed by atoms with Crippen LogP contribution in [0.3, 0.4) is 0 Å².